The van der Waals surface area contributed by atoms with Crippen LogP contribution in [0, 0.1) is 17.8 Å². The number of aromatic amines is 1. The number of H-pyrrole nitrogens is 1. The summed E-state index contributed by atoms with van der Waals surface area (Å²) in [5, 5.41) is 12.6. The fourth-order valence-electron chi connectivity index (χ4n) is 7.93. The number of nitrogens with one attached hydrogen (secondary N) is 3. The number of likely N-dealkylation sites (N-methyl/N-ethyl adjacent to an activating group) is 1. The molecule has 0 spiro atoms. The number of likely N-dealkylation sites (tertiary alicyclic amines) is 2. The van der Waals surface area contributed by atoms with E-state index in [1.54, 1.807) is 34.6 Å². The van der Waals surface area contributed by atoms with E-state index < -0.39 is 12.0 Å². The molecule has 0 aliphatic carbocycles. The highest BCUT2D eigenvalue weighted by Gasteiger charge is 2.48. The van der Waals surface area contributed by atoms with Gasteiger partial charge >= 0.3 is 0 Å². The fourth-order valence-corrected chi connectivity index (χ4v) is 8.10. The van der Waals surface area contributed by atoms with Gasteiger partial charge in [-0.3, -0.25) is 23.9 Å². The molecule has 0 radical (unpaired) electrons. The number of amides is 4. The lowest BCUT2D eigenvalue weighted by atomic mass is 9.79. The van der Waals surface area contributed by atoms with Crippen LogP contribution in [0.1, 0.15) is 34.5 Å². The first-order valence-corrected chi connectivity index (χ1v) is 17.9. The van der Waals surface area contributed by atoms with Crippen molar-refractivity contribution < 1.29 is 19.2 Å². The Labute approximate surface area is 301 Å². The maximum Gasteiger partial charge on any atom is 0.272 e. The molecular weight excluding hydrogens is 666 g/mol. The molecule has 2 fully saturated rings. The quantitative estimate of drug-likeness (QED) is 0.199. The molecule has 12 heteroatoms. The van der Waals surface area contributed by atoms with Crippen molar-refractivity contribution in [3.8, 4) is 0 Å². The van der Waals surface area contributed by atoms with Crippen LogP contribution >= 0.6 is 11.6 Å². The molecule has 5 aromatic rings. The Balaban J connectivity index is 1.12. The minimum Gasteiger partial charge on any atom is -0.361 e. The first kappa shape index (κ1) is 34.3. The van der Waals surface area contributed by atoms with E-state index in [9.17, 15) is 19.2 Å². The van der Waals surface area contributed by atoms with E-state index in [1.807, 2.05) is 72.9 Å². The Kier molecular flexibility index (Phi) is 9.82. The van der Waals surface area contributed by atoms with E-state index in [0.29, 0.717) is 43.2 Å². The first-order chi connectivity index (χ1) is 24.7. The van der Waals surface area contributed by atoms with Gasteiger partial charge in [0, 0.05) is 67.8 Å². The van der Waals surface area contributed by atoms with Crippen molar-refractivity contribution in [2.75, 3.05) is 33.2 Å². The average Bonchev–Trinajstić information content (AvgIpc) is 3.84. The zero-order valence-electron chi connectivity index (χ0n) is 28.8. The van der Waals surface area contributed by atoms with Crippen LogP contribution in [0.15, 0.2) is 79.0 Å². The number of benzene rings is 3. The Bertz CT molecular complexity index is 2090. The van der Waals surface area contributed by atoms with Gasteiger partial charge in [0.25, 0.3) is 5.91 Å². The number of aryl methyl sites for hydroxylation is 2. The third-order valence-electron chi connectivity index (χ3n) is 10.6. The highest BCUT2D eigenvalue weighted by molar-refractivity contribution is 6.31. The van der Waals surface area contributed by atoms with E-state index in [0.717, 1.165) is 33.8 Å². The molecule has 0 saturated carbocycles. The summed E-state index contributed by atoms with van der Waals surface area (Å²) in [4.78, 5) is 62.1. The molecule has 3 aromatic carbocycles. The van der Waals surface area contributed by atoms with E-state index in [4.69, 9.17) is 11.6 Å². The van der Waals surface area contributed by atoms with Crippen LogP contribution in [0.5, 0.6) is 0 Å². The molecule has 11 nitrogen and oxygen atoms in total. The molecule has 2 aliphatic rings. The number of nitrogens with zero attached hydrogens (tertiary/aromatic N) is 4. The maximum absolute atomic E-state index is 14.3. The summed E-state index contributed by atoms with van der Waals surface area (Å²) in [5.74, 6) is -1.73. The minimum absolute atomic E-state index is 0.102. The summed E-state index contributed by atoms with van der Waals surface area (Å²) in [6.45, 7) is 1.39. The van der Waals surface area contributed by atoms with E-state index in [1.165, 1.54) is 5.56 Å². The number of halogens is 1. The van der Waals surface area contributed by atoms with Crippen LogP contribution in [0.4, 0.5) is 0 Å². The Morgan fingerprint density at radius 2 is 1.71 bits per heavy atom. The van der Waals surface area contributed by atoms with Gasteiger partial charge in [0.2, 0.25) is 17.7 Å². The molecule has 4 heterocycles. The lowest BCUT2D eigenvalue weighted by Crippen LogP contribution is -2.56. The van der Waals surface area contributed by atoms with Crippen molar-refractivity contribution in [1.82, 2.24) is 35.2 Å². The molecule has 264 valence electrons. The SMILES string of the molecule is CNC(=O)[C@H](CCCc1ccccc1)NC(=O)C1CN(C(=O)Cc2c[nH]c3cc(Cl)ccc23)CC2CN(C(=O)c3c4ccccc4nn3C)CC21. The molecule has 0 bridgehead atoms. The molecule has 7 rings (SSSR count). The molecule has 3 N–H and O–H groups in total. The lowest BCUT2D eigenvalue weighted by Gasteiger charge is -2.40. The van der Waals surface area contributed by atoms with Gasteiger partial charge in [-0.2, -0.15) is 5.10 Å². The van der Waals surface area contributed by atoms with Gasteiger partial charge in [0.15, 0.2) is 0 Å². The van der Waals surface area contributed by atoms with Crippen molar-refractivity contribution in [3.63, 3.8) is 0 Å². The second-order valence-corrected chi connectivity index (χ2v) is 14.2. The predicted octanol–water partition coefficient (Wildman–Crippen LogP) is 4.35. The number of carbonyl (C=O) groups is 4. The number of hydrogen-bond acceptors (Lipinski definition) is 5. The van der Waals surface area contributed by atoms with E-state index in [2.05, 4.69) is 20.7 Å². The summed E-state index contributed by atoms with van der Waals surface area (Å²) < 4.78 is 1.62. The van der Waals surface area contributed by atoms with Gasteiger partial charge in [-0.15, -0.1) is 0 Å². The molecule has 2 aromatic heterocycles. The summed E-state index contributed by atoms with van der Waals surface area (Å²) >= 11 is 6.19. The molecular formula is C39H42ClN7O4. The topological polar surface area (TPSA) is 132 Å². The van der Waals surface area contributed by atoms with Crippen LogP contribution in [-0.2, 0) is 34.3 Å². The largest absolute Gasteiger partial charge is 0.361 e. The standard InChI is InChI=1S/C39H42ClN7O4/c1-41-38(50)33(14-8-11-24-9-4-3-5-10-24)43-37(49)31-23-46(35(48)17-25-19-42-34-18-27(40)15-16-28(25)34)20-26-21-47(22-30(26)31)39(51)36-29-12-6-7-13-32(29)44-45(36)2/h3-7,9-10,12-13,15-16,18-19,26,30-31,33,42H,8,11,14,17,20-23H2,1-2H3,(H,41,50)(H,43,49)/t26?,30?,31?,33-/m0/s1. The number of carbonyl (C=O) groups excluding carboxylic acids is 4. The van der Waals surface area contributed by atoms with Gasteiger partial charge in [0.1, 0.15) is 11.7 Å². The summed E-state index contributed by atoms with van der Waals surface area (Å²) in [6, 6.07) is 22.4. The average molecular weight is 708 g/mol. The van der Waals surface area contributed by atoms with Gasteiger partial charge in [-0.05, 0) is 60.4 Å². The number of piperidine rings is 1. The van der Waals surface area contributed by atoms with Crippen molar-refractivity contribution in [2.45, 2.75) is 31.7 Å². The van der Waals surface area contributed by atoms with Crippen molar-refractivity contribution in [3.05, 3.63) is 101 Å². The Morgan fingerprint density at radius 3 is 2.51 bits per heavy atom. The number of aromatic nitrogens is 3. The number of hydrogen-bond donors (Lipinski definition) is 3. The predicted molar refractivity (Wildman–Crippen MR) is 196 cm³/mol. The lowest BCUT2D eigenvalue weighted by molar-refractivity contribution is -0.140. The molecule has 2 aliphatic heterocycles. The molecule has 4 amide bonds. The molecule has 51 heavy (non-hydrogen) atoms. The van der Waals surface area contributed by atoms with Crippen LogP contribution < -0.4 is 10.6 Å². The summed E-state index contributed by atoms with van der Waals surface area (Å²) in [6.07, 6.45) is 3.93. The van der Waals surface area contributed by atoms with Gasteiger partial charge in [-0.1, -0.05) is 66.2 Å². The molecule has 3 unspecified atom stereocenters. The second kappa shape index (κ2) is 14.6. The third-order valence-corrected chi connectivity index (χ3v) is 10.8. The highest BCUT2D eigenvalue weighted by atomic mass is 35.5. The van der Waals surface area contributed by atoms with Crippen molar-refractivity contribution in [2.24, 2.45) is 24.8 Å². The number of fused-ring (bicyclic) bond motifs is 3. The van der Waals surface area contributed by atoms with Crippen molar-refractivity contribution >= 4 is 57.0 Å². The zero-order valence-corrected chi connectivity index (χ0v) is 29.5. The first-order valence-electron chi connectivity index (χ1n) is 17.5. The highest BCUT2D eigenvalue weighted by Crippen LogP contribution is 2.37. The van der Waals surface area contributed by atoms with Crippen LogP contribution in [0.3, 0.4) is 0 Å². The number of rotatable bonds is 10. The summed E-state index contributed by atoms with van der Waals surface area (Å²) in [7, 11) is 3.33. The minimum atomic E-state index is -0.728. The van der Waals surface area contributed by atoms with Crippen molar-refractivity contribution in [1.29, 1.82) is 0 Å². The van der Waals surface area contributed by atoms with Crippen LogP contribution in [0.25, 0.3) is 21.8 Å². The van der Waals surface area contributed by atoms with Crippen LogP contribution in [0.2, 0.25) is 5.02 Å². The van der Waals surface area contributed by atoms with Crippen LogP contribution in [-0.4, -0.2) is 87.5 Å². The fraction of sp³-hybridized carbons (Fsp3) is 0.359. The normalized spacial score (nSPS) is 19.2. The van der Waals surface area contributed by atoms with Gasteiger partial charge in [0.05, 0.1) is 17.9 Å². The second-order valence-electron chi connectivity index (χ2n) is 13.8. The monoisotopic (exact) mass is 707 g/mol. The molecule has 4 atom stereocenters. The van der Waals surface area contributed by atoms with Gasteiger partial charge < -0.3 is 25.4 Å². The van der Waals surface area contributed by atoms with E-state index >= 15 is 0 Å². The molecule has 2 saturated heterocycles. The maximum atomic E-state index is 14.3. The van der Waals surface area contributed by atoms with E-state index in [-0.39, 0.29) is 48.4 Å². The van der Waals surface area contributed by atoms with Gasteiger partial charge in [-0.25, -0.2) is 0 Å². The third kappa shape index (κ3) is 7.08. The summed E-state index contributed by atoms with van der Waals surface area (Å²) in [5.41, 5.74) is 4.09. The Hall–Kier alpha value is -5.16. The smallest absolute Gasteiger partial charge is 0.272 e. The zero-order chi connectivity index (χ0) is 35.6. The Morgan fingerprint density at radius 1 is 0.941 bits per heavy atom.